The molecule has 0 spiro atoms. The van der Waals surface area contributed by atoms with Crippen LogP contribution in [0.3, 0.4) is 0 Å². The Morgan fingerprint density at radius 3 is 2.83 bits per heavy atom. The Balaban J connectivity index is 2.10. The van der Waals surface area contributed by atoms with E-state index in [0.29, 0.717) is 35.6 Å². The van der Waals surface area contributed by atoms with E-state index in [2.05, 4.69) is 6.07 Å². The summed E-state index contributed by atoms with van der Waals surface area (Å²) >= 11 is 1.36. The minimum atomic E-state index is -0.675. The van der Waals surface area contributed by atoms with Crippen molar-refractivity contribution in [3.63, 3.8) is 0 Å². The van der Waals surface area contributed by atoms with Gasteiger partial charge >= 0.3 is 0 Å². The first-order chi connectivity index (χ1) is 11.0. The summed E-state index contributed by atoms with van der Waals surface area (Å²) in [5, 5.41) is 10.3. The number of nitrogen functional groups attached to an aromatic ring is 1. The molecule has 0 saturated heterocycles. The van der Waals surface area contributed by atoms with Crippen LogP contribution >= 0.6 is 11.3 Å². The summed E-state index contributed by atoms with van der Waals surface area (Å²) in [6.45, 7) is 0. The zero-order valence-electron chi connectivity index (χ0n) is 12.8. The summed E-state index contributed by atoms with van der Waals surface area (Å²) in [6, 6.07) is 10.1. The molecule has 6 heteroatoms. The van der Waals surface area contributed by atoms with Crippen LogP contribution in [0.5, 0.6) is 5.75 Å². The lowest BCUT2D eigenvalue weighted by molar-refractivity contribution is 0.1000. The van der Waals surface area contributed by atoms with E-state index in [1.165, 1.54) is 11.3 Å². The summed E-state index contributed by atoms with van der Waals surface area (Å²) in [7, 11) is 1.60. The van der Waals surface area contributed by atoms with Crippen LogP contribution in [-0.2, 0) is 18.3 Å². The molecule has 1 heterocycles. The fourth-order valence-electron chi connectivity index (χ4n) is 3.34. The Hall–Kier alpha value is -2.52. The SMILES string of the molecule is COc1ccccc1C1(C#N)CCc2c(sc(N)c2C(N)=O)C1. The first-order valence-electron chi connectivity index (χ1n) is 7.27. The molecule has 2 aromatic rings. The van der Waals surface area contributed by atoms with Crippen molar-refractivity contribution in [3.8, 4) is 11.8 Å². The van der Waals surface area contributed by atoms with Crippen molar-refractivity contribution in [2.24, 2.45) is 5.73 Å². The van der Waals surface area contributed by atoms with Crippen LogP contribution in [0.25, 0.3) is 0 Å². The van der Waals surface area contributed by atoms with Crippen LogP contribution in [0.1, 0.15) is 32.8 Å². The Morgan fingerprint density at radius 2 is 2.17 bits per heavy atom. The number of ether oxygens (including phenoxy) is 1. The van der Waals surface area contributed by atoms with Gasteiger partial charge in [0.2, 0.25) is 0 Å². The molecule has 0 aliphatic heterocycles. The van der Waals surface area contributed by atoms with E-state index in [1.807, 2.05) is 24.3 Å². The lowest BCUT2D eigenvalue weighted by Gasteiger charge is -2.32. The molecule has 4 N–H and O–H groups in total. The van der Waals surface area contributed by atoms with Crippen molar-refractivity contribution in [2.45, 2.75) is 24.7 Å². The number of hydrogen-bond acceptors (Lipinski definition) is 5. The van der Waals surface area contributed by atoms with E-state index in [4.69, 9.17) is 16.2 Å². The van der Waals surface area contributed by atoms with E-state index in [1.54, 1.807) is 7.11 Å². The summed E-state index contributed by atoms with van der Waals surface area (Å²) in [5.74, 6) is 0.207. The molecule has 118 valence electrons. The summed E-state index contributed by atoms with van der Waals surface area (Å²) < 4.78 is 5.43. The molecule has 1 aromatic heterocycles. The maximum atomic E-state index is 11.6. The van der Waals surface area contributed by atoms with Crippen molar-refractivity contribution in [3.05, 3.63) is 45.8 Å². The fourth-order valence-corrected chi connectivity index (χ4v) is 4.57. The van der Waals surface area contributed by atoms with E-state index in [-0.39, 0.29) is 0 Å². The highest BCUT2D eigenvalue weighted by molar-refractivity contribution is 7.16. The number of thiophene rings is 1. The Bertz CT molecular complexity index is 822. The molecule has 23 heavy (non-hydrogen) atoms. The summed E-state index contributed by atoms with van der Waals surface area (Å²) in [6.07, 6.45) is 1.72. The molecule has 1 aliphatic carbocycles. The van der Waals surface area contributed by atoms with Gasteiger partial charge in [-0.25, -0.2) is 0 Å². The average molecular weight is 327 g/mol. The Labute approximate surface area is 138 Å². The van der Waals surface area contributed by atoms with Crippen LogP contribution in [-0.4, -0.2) is 13.0 Å². The molecule has 0 saturated carbocycles. The highest BCUT2D eigenvalue weighted by atomic mass is 32.1. The third-order valence-corrected chi connectivity index (χ3v) is 5.53. The number of anilines is 1. The number of nitrogens with zero attached hydrogens (tertiary/aromatic N) is 1. The molecule has 0 bridgehead atoms. The zero-order valence-corrected chi connectivity index (χ0v) is 13.6. The van der Waals surface area contributed by atoms with Gasteiger partial charge in [0.1, 0.15) is 5.75 Å². The van der Waals surface area contributed by atoms with E-state index >= 15 is 0 Å². The van der Waals surface area contributed by atoms with Crippen molar-refractivity contribution in [2.75, 3.05) is 12.8 Å². The van der Waals surface area contributed by atoms with Gasteiger partial charge in [0.15, 0.2) is 0 Å². The number of rotatable bonds is 3. The first kappa shape index (κ1) is 15.4. The standard InChI is InChI=1S/C17H17N3O2S/c1-22-12-5-3-2-4-11(12)17(9-18)7-6-10-13(8-17)23-16(20)14(10)15(19)21/h2-5H,6-8,20H2,1H3,(H2,19,21). The van der Waals surface area contributed by atoms with Crippen LogP contribution in [0.15, 0.2) is 24.3 Å². The van der Waals surface area contributed by atoms with Gasteiger partial charge in [0, 0.05) is 16.9 Å². The maximum Gasteiger partial charge on any atom is 0.251 e. The van der Waals surface area contributed by atoms with E-state index < -0.39 is 11.3 Å². The number of nitrogens with two attached hydrogens (primary N) is 2. The van der Waals surface area contributed by atoms with Crippen LogP contribution in [0, 0.1) is 11.3 Å². The minimum Gasteiger partial charge on any atom is -0.496 e. The predicted octanol–water partition coefficient (Wildman–Crippen LogP) is 2.39. The molecule has 1 unspecified atom stereocenters. The number of fused-ring (bicyclic) bond motifs is 1. The highest BCUT2D eigenvalue weighted by Gasteiger charge is 2.41. The quantitative estimate of drug-likeness (QED) is 0.903. The van der Waals surface area contributed by atoms with Gasteiger partial charge < -0.3 is 16.2 Å². The van der Waals surface area contributed by atoms with Gasteiger partial charge in [-0.05, 0) is 24.5 Å². The van der Waals surface area contributed by atoms with Crippen molar-refractivity contribution in [1.29, 1.82) is 5.26 Å². The minimum absolute atomic E-state index is 0.427. The van der Waals surface area contributed by atoms with Gasteiger partial charge in [-0.1, -0.05) is 18.2 Å². The normalized spacial score (nSPS) is 19.7. The number of amides is 1. The third-order valence-electron chi connectivity index (χ3n) is 4.46. The average Bonchev–Trinajstić information content (AvgIpc) is 2.89. The molecule has 1 amide bonds. The third kappa shape index (κ3) is 2.34. The zero-order chi connectivity index (χ0) is 16.6. The van der Waals surface area contributed by atoms with E-state index in [0.717, 1.165) is 16.0 Å². The molecule has 1 aromatic carbocycles. The number of benzene rings is 1. The fraction of sp³-hybridized carbons (Fsp3) is 0.294. The number of carbonyl (C=O) groups excluding carboxylic acids is 1. The van der Waals surface area contributed by atoms with Crippen LogP contribution in [0.4, 0.5) is 5.00 Å². The monoisotopic (exact) mass is 327 g/mol. The van der Waals surface area contributed by atoms with Gasteiger partial charge in [0.05, 0.1) is 29.2 Å². The number of nitriles is 1. The smallest absolute Gasteiger partial charge is 0.251 e. The Morgan fingerprint density at radius 1 is 1.43 bits per heavy atom. The van der Waals surface area contributed by atoms with Crippen LogP contribution in [0.2, 0.25) is 0 Å². The van der Waals surface area contributed by atoms with Crippen LogP contribution < -0.4 is 16.2 Å². The number of methoxy groups -OCH3 is 1. The summed E-state index contributed by atoms with van der Waals surface area (Å²) in [4.78, 5) is 12.6. The highest BCUT2D eigenvalue weighted by Crippen LogP contribution is 2.46. The second kappa shape index (κ2) is 5.60. The molecule has 1 aliphatic rings. The van der Waals surface area contributed by atoms with Gasteiger partial charge in [0.25, 0.3) is 5.91 Å². The molecule has 3 rings (SSSR count). The predicted molar refractivity (Wildman–Crippen MR) is 89.6 cm³/mol. The lowest BCUT2D eigenvalue weighted by Crippen LogP contribution is -2.32. The first-order valence-corrected chi connectivity index (χ1v) is 8.08. The van der Waals surface area contributed by atoms with Crippen molar-refractivity contribution >= 4 is 22.2 Å². The Kier molecular flexibility index (Phi) is 3.74. The van der Waals surface area contributed by atoms with Crippen molar-refractivity contribution in [1.82, 2.24) is 0 Å². The largest absolute Gasteiger partial charge is 0.496 e. The van der Waals surface area contributed by atoms with Crippen molar-refractivity contribution < 1.29 is 9.53 Å². The number of carbonyl (C=O) groups is 1. The molecular weight excluding hydrogens is 310 g/mol. The van der Waals surface area contributed by atoms with Gasteiger partial charge in [-0.2, -0.15) is 5.26 Å². The number of primary amides is 1. The van der Waals surface area contributed by atoms with Gasteiger partial charge in [-0.3, -0.25) is 4.79 Å². The second-order valence-corrected chi connectivity index (χ2v) is 6.82. The second-order valence-electron chi connectivity index (χ2n) is 5.68. The molecule has 1 atom stereocenters. The molecule has 0 fully saturated rings. The van der Waals surface area contributed by atoms with Gasteiger partial charge in [-0.15, -0.1) is 11.3 Å². The molecule has 0 radical (unpaired) electrons. The van der Waals surface area contributed by atoms with E-state index in [9.17, 15) is 10.1 Å². The molecular formula is C17H17N3O2S. The summed E-state index contributed by atoms with van der Waals surface area (Å²) in [5.41, 5.74) is 12.9. The maximum absolute atomic E-state index is 11.6. The number of para-hydroxylation sites is 1. The molecule has 5 nitrogen and oxygen atoms in total. The lowest BCUT2D eigenvalue weighted by atomic mass is 9.70. The number of hydrogen-bond donors (Lipinski definition) is 2. The topological polar surface area (TPSA) is 102 Å².